The van der Waals surface area contributed by atoms with Gasteiger partial charge in [0.15, 0.2) is 0 Å². The molecule has 12 heavy (non-hydrogen) atoms. The molecule has 0 bridgehead atoms. The van der Waals surface area contributed by atoms with E-state index < -0.39 is 12.1 Å². The third kappa shape index (κ3) is 3.79. The van der Waals surface area contributed by atoms with Crippen molar-refractivity contribution in [2.75, 3.05) is 7.11 Å². The maximum Gasteiger partial charge on any atom is 0.384 e. The molecular formula is C9H12O3. The van der Waals surface area contributed by atoms with Crippen LogP contribution in [0.5, 0.6) is 0 Å². The smallest absolute Gasteiger partial charge is 0.384 e. The number of methoxy groups -OCH3 is 1. The zero-order valence-corrected chi connectivity index (χ0v) is 7.20. The Morgan fingerprint density at radius 1 is 1.75 bits per heavy atom. The fourth-order valence-corrected chi connectivity index (χ4v) is 0.513. The van der Waals surface area contributed by atoms with Crippen LogP contribution in [0.3, 0.4) is 0 Å². The minimum absolute atomic E-state index is 0.304. The Kier molecular flexibility index (Phi) is 4.82. The average Bonchev–Trinajstić information content (AvgIpc) is 2.11. The molecular weight excluding hydrogens is 156 g/mol. The second-order valence-electron chi connectivity index (χ2n) is 2.28. The van der Waals surface area contributed by atoms with Crippen LogP contribution in [0, 0.1) is 17.8 Å². The van der Waals surface area contributed by atoms with Crippen LogP contribution in [0.2, 0.25) is 0 Å². The molecule has 0 fully saturated rings. The molecule has 0 aliphatic rings. The Balaban J connectivity index is 4.11. The quantitative estimate of drug-likeness (QED) is 0.280. The molecule has 0 aliphatic carbocycles. The zero-order valence-electron chi connectivity index (χ0n) is 7.20. The number of hydrogen-bond acceptors (Lipinski definition) is 3. The predicted octanol–water partition coefficient (Wildman–Crippen LogP) is 0.346. The summed E-state index contributed by atoms with van der Waals surface area (Å²) in [6, 6.07) is 0. The van der Waals surface area contributed by atoms with Crippen molar-refractivity contribution in [3.8, 4) is 11.8 Å². The molecule has 0 heterocycles. The second kappa shape index (κ2) is 5.39. The summed E-state index contributed by atoms with van der Waals surface area (Å²) in [5.41, 5.74) is 0. The standard InChI is InChI=1S/C9H12O3/c1-4-8(10)7(2)5-6-9(11)12-3/h4,7-8,10H,1H2,2-3H3/t7-,8+/m0/s1. The summed E-state index contributed by atoms with van der Waals surface area (Å²) >= 11 is 0. The van der Waals surface area contributed by atoms with E-state index >= 15 is 0 Å². The summed E-state index contributed by atoms with van der Waals surface area (Å²) in [6.07, 6.45) is 0.665. The van der Waals surface area contributed by atoms with Crippen molar-refractivity contribution in [2.45, 2.75) is 13.0 Å². The summed E-state index contributed by atoms with van der Waals surface area (Å²) < 4.78 is 4.29. The first kappa shape index (κ1) is 10.7. The lowest BCUT2D eigenvalue weighted by atomic mass is 10.1. The monoisotopic (exact) mass is 168 g/mol. The largest absolute Gasteiger partial charge is 0.459 e. The molecule has 0 unspecified atom stereocenters. The van der Waals surface area contributed by atoms with Gasteiger partial charge < -0.3 is 9.84 Å². The summed E-state index contributed by atoms with van der Waals surface area (Å²) in [5, 5.41) is 9.14. The Hall–Kier alpha value is -1.27. The van der Waals surface area contributed by atoms with Crippen LogP contribution < -0.4 is 0 Å². The van der Waals surface area contributed by atoms with Crippen molar-refractivity contribution in [2.24, 2.45) is 5.92 Å². The molecule has 0 rings (SSSR count). The second-order valence-corrected chi connectivity index (χ2v) is 2.28. The van der Waals surface area contributed by atoms with E-state index in [1.807, 2.05) is 0 Å². The van der Waals surface area contributed by atoms with Gasteiger partial charge in [-0.2, -0.15) is 0 Å². The molecule has 3 heteroatoms. The van der Waals surface area contributed by atoms with Crippen LogP contribution in [0.4, 0.5) is 0 Å². The van der Waals surface area contributed by atoms with E-state index in [4.69, 9.17) is 5.11 Å². The van der Waals surface area contributed by atoms with Crippen LogP contribution >= 0.6 is 0 Å². The third-order valence-corrected chi connectivity index (χ3v) is 1.34. The normalized spacial score (nSPS) is 13.6. The average molecular weight is 168 g/mol. The number of ether oxygens (including phenoxy) is 1. The van der Waals surface area contributed by atoms with Crippen LogP contribution in [0.1, 0.15) is 6.92 Å². The van der Waals surface area contributed by atoms with E-state index in [1.54, 1.807) is 6.92 Å². The molecule has 0 saturated heterocycles. The Labute approximate surface area is 72.0 Å². The first-order valence-corrected chi connectivity index (χ1v) is 3.52. The van der Waals surface area contributed by atoms with Gasteiger partial charge in [-0.15, -0.1) is 6.58 Å². The SMILES string of the molecule is C=C[C@@H](O)[C@@H](C)C#CC(=O)OC. The summed E-state index contributed by atoms with van der Waals surface area (Å²) in [4.78, 5) is 10.5. The molecule has 0 aromatic heterocycles. The molecule has 66 valence electrons. The Bertz CT molecular complexity index is 222. The van der Waals surface area contributed by atoms with Gasteiger partial charge in [0.1, 0.15) is 0 Å². The Morgan fingerprint density at radius 2 is 2.33 bits per heavy atom. The van der Waals surface area contributed by atoms with E-state index in [0.717, 1.165) is 0 Å². The van der Waals surface area contributed by atoms with Crippen molar-refractivity contribution < 1.29 is 14.6 Å². The molecule has 3 nitrogen and oxygen atoms in total. The van der Waals surface area contributed by atoms with Gasteiger partial charge in [0.2, 0.25) is 0 Å². The topological polar surface area (TPSA) is 46.5 Å². The Morgan fingerprint density at radius 3 is 2.75 bits per heavy atom. The van der Waals surface area contributed by atoms with E-state index in [2.05, 4.69) is 23.2 Å². The lowest BCUT2D eigenvalue weighted by molar-refractivity contribution is -0.133. The first-order chi connectivity index (χ1) is 5.61. The van der Waals surface area contributed by atoms with Crippen molar-refractivity contribution in [1.82, 2.24) is 0 Å². The van der Waals surface area contributed by atoms with E-state index in [-0.39, 0.29) is 5.92 Å². The van der Waals surface area contributed by atoms with Crippen LogP contribution in [-0.2, 0) is 9.53 Å². The molecule has 2 atom stereocenters. The number of carbonyl (C=O) groups is 1. The number of aliphatic hydroxyl groups excluding tert-OH is 1. The minimum Gasteiger partial charge on any atom is -0.459 e. The van der Waals surface area contributed by atoms with E-state index in [0.29, 0.717) is 0 Å². The first-order valence-electron chi connectivity index (χ1n) is 3.52. The lowest BCUT2D eigenvalue weighted by Crippen LogP contribution is -2.12. The molecule has 0 aliphatic heterocycles. The number of esters is 1. The number of aliphatic hydroxyl groups is 1. The number of hydrogen-bond donors (Lipinski definition) is 1. The molecule has 1 N–H and O–H groups in total. The van der Waals surface area contributed by atoms with Crippen LogP contribution in [0.25, 0.3) is 0 Å². The highest BCUT2D eigenvalue weighted by atomic mass is 16.5. The highest BCUT2D eigenvalue weighted by Gasteiger charge is 2.06. The molecule has 0 saturated carbocycles. The van der Waals surface area contributed by atoms with Gasteiger partial charge in [-0.25, -0.2) is 4.79 Å². The molecule has 0 spiro atoms. The van der Waals surface area contributed by atoms with Crippen molar-refractivity contribution >= 4 is 5.97 Å². The number of carbonyl (C=O) groups excluding carboxylic acids is 1. The van der Waals surface area contributed by atoms with E-state index in [1.165, 1.54) is 13.2 Å². The van der Waals surface area contributed by atoms with Gasteiger partial charge in [0.25, 0.3) is 0 Å². The fourth-order valence-electron chi connectivity index (χ4n) is 0.513. The van der Waals surface area contributed by atoms with Crippen LogP contribution in [-0.4, -0.2) is 24.3 Å². The molecule has 0 amide bonds. The third-order valence-electron chi connectivity index (χ3n) is 1.34. The van der Waals surface area contributed by atoms with Crippen molar-refractivity contribution in [1.29, 1.82) is 0 Å². The lowest BCUT2D eigenvalue weighted by Gasteiger charge is -2.06. The molecule has 0 radical (unpaired) electrons. The minimum atomic E-state index is -0.706. The van der Waals surface area contributed by atoms with Gasteiger partial charge in [0, 0.05) is 11.8 Å². The van der Waals surface area contributed by atoms with Gasteiger partial charge in [-0.05, 0) is 6.92 Å². The van der Waals surface area contributed by atoms with Crippen molar-refractivity contribution in [3.05, 3.63) is 12.7 Å². The van der Waals surface area contributed by atoms with Gasteiger partial charge >= 0.3 is 5.97 Å². The summed E-state index contributed by atoms with van der Waals surface area (Å²) in [6.45, 7) is 5.09. The van der Waals surface area contributed by atoms with Gasteiger partial charge in [-0.1, -0.05) is 12.0 Å². The highest BCUT2D eigenvalue weighted by Crippen LogP contribution is 2.00. The maximum absolute atomic E-state index is 10.5. The highest BCUT2D eigenvalue weighted by molar-refractivity contribution is 5.88. The molecule has 0 aromatic rings. The van der Waals surface area contributed by atoms with Crippen LogP contribution in [0.15, 0.2) is 12.7 Å². The van der Waals surface area contributed by atoms with Crippen molar-refractivity contribution in [3.63, 3.8) is 0 Å². The fraction of sp³-hybridized carbons (Fsp3) is 0.444. The van der Waals surface area contributed by atoms with Gasteiger partial charge in [-0.3, -0.25) is 0 Å². The number of rotatable bonds is 2. The zero-order chi connectivity index (χ0) is 9.56. The summed E-state index contributed by atoms with van der Waals surface area (Å²) in [7, 11) is 1.26. The molecule has 0 aromatic carbocycles. The summed E-state index contributed by atoms with van der Waals surface area (Å²) in [5.74, 6) is 3.86. The predicted molar refractivity (Wildman–Crippen MR) is 45.2 cm³/mol. The maximum atomic E-state index is 10.5. The van der Waals surface area contributed by atoms with Gasteiger partial charge in [0.05, 0.1) is 13.2 Å². The van der Waals surface area contributed by atoms with E-state index in [9.17, 15) is 4.79 Å².